The Hall–Kier alpha value is -0.300. The molecule has 0 amide bonds. The molecule has 3 unspecified atom stereocenters. The first-order chi connectivity index (χ1) is 9.36. The van der Waals surface area contributed by atoms with Gasteiger partial charge in [0.15, 0.2) is 6.61 Å². The molecule has 126 valence electrons. The molecule has 6 N–H and O–H groups in total. The van der Waals surface area contributed by atoms with Crippen LogP contribution in [0, 0.1) is 0 Å². The van der Waals surface area contributed by atoms with Gasteiger partial charge >= 0.3 is 14.0 Å². The van der Waals surface area contributed by atoms with Crippen molar-refractivity contribution in [2.45, 2.75) is 42.8 Å². The number of hydrogen-bond donors (Lipinski definition) is 6. The second-order valence-electron chi connectivity index (χ2n) is 4.38. The van der Waals surface area contributed by atoms with E-state index in [1.807, 2.05) is 0 Å². The molecule has 13 heteroatoms. The van der Waals surface area contributed by atoms with E-state index >= 15 is 0 Å². The number of halogens is 3. The van der Waals surface area contributed by atoms with E-state index in [0.717, 1.165) is 0 Å². The average molecular weight is 342 g/mol. The molecule has 7 atom stereocenters. The van der Waals surface area contributed by atoms with Crippen molar-refractivity contribution in [1.29, 1.82) is 0 Å². The van der Waals surface area contributed by atoms with Gasteiger partial charge in [0.2, 0.25) is 0 Å². The average Bonchev–Trinajstić information content (AvgIpc) is 2.36. The van der Waals surface area contributed by atoms with Crippen molar-refractivity contribution in [1.82, 2.24) is 0 Å². The first kappa shape index (κ1) is 18.7. The van der Waals surface area contributed by atoms with Gasteiger partial charge in [0, 0.05) is 0 Å². The summed E-state index contributed by atoms with van der Waals surface area (Å²) in [5, 5.41) is 46.8. The van der Waals surface area contributed by atoms with Gasteiger partial charge in [-0.05, 0) is 0 Å². The van der Waals surface area contributed by atoms with Gasteiger partial charge in [0.1, 0.15) is 36.6 Å². The van der Waals surface area contributed by atoms with Gasteiger partial charge in [-0.2, -0.15) is 13.2 Å². The third-order valence-corrected chi connectivity index (χ3v) is 3.68. The van der Waals surface area contributed by atoms with Gasteiger partial charge in [-0.15, -0.1) is 0 Å². The summed E-state index contributed by atoms with van der Waals surface area (Å²) >= 11 is 0. The Morgan fingerprint density at radius 1 is 0.905 bits per heavy atom. The molecule has 21 heavy (non-hydrogen) atoms. The Bertz CT molecular complexity index is 389. The van der Waals surface area contributed by atoms with Crippen molar-refractivity contribution in [3.8, 4) is 0 Å². The normalized spacial score (nSPS) is 40.8. The van der Waals surface area contributed by atoms with E-state index in [1.54, 1.807) is 0 Å². The van der Waals surface area contributed by atoms with Crippen LogP contribution in [0.2, 0.25) is 0 Å². The quantitative estimate of drug-likeness (QED) is 0.314. The summed E-state index contributed by atoms with van der Waals surface area (Å²) in [7, 11) is -5.35. The van der Waals surface area contributed by atoms with Crippen molar-refractivity contribution in [2.24, 2.45) is 0 Å². The van der Waals surface area contributed by atoms with E-state index in [9.17, 15) is 43.3 Å². The van der Waals surface area contributed by atoms with Crippen LogP contribution in [0.5, 0.6) is 0 Å². The standard InChI is InChI=1S/C8H14F3O9P/c9-8(10,11)1-19-21(17,18)20-7-5(15)3(13)2(12)4(14)6(7)16/h2-7,12-16H,1H2,(H,17,18)/t2?,3-,4+,5-,6-,7?/m1/s1. The lowest BCUT2D eigenvalue weighted by Crippen LogP contribution is -2.64. The number of phosphoric ester groups is 1. The molecule has 0 heterocycles. The first-order valence-corrected chi connectivity index (χ1v) is 6.98. The summed E-state index contributed by atoms with van der Waals surface area (Å²) in [6, 6.07) is 0. The van der Waals surface area contributed by atoms with Crippen LogP contribution in [0.15, 0.2) is 0 Å². The fraction of sp³-hybridized carbons (Fsp3) is 1.00. The summed E-state index contributed by atoms with van der Waals surface area (Å²) in [5.74, 6) is 0. The smallest absolute Gasteiger partial charge is 0.387 e. The van der Waals surface area contributed by atoms with E-state index < -0.39 is 57.2 Å². The van der Waals surface area contributed by atoms with E-state index in [-0.39, 0.29) is 0 Å². The zero-order valence-electron chi connectivity index (χ0n) is 10.2. The van der Waals surface area contributed by atoms with E-state index in [2.05, 4.69) is 9.05 Å². The van der Waals surface area contributed by atoms with Crippen LogP contribution in [0.4, 0.5) is 13.2 Å². The third-order valence-electron chi connectivity index (χ3n) is 2.72. The zero-order valence-corrected chi connectivity index (χ0v) is 11.1. The molecule has 0 aromatic rings. The fourth-order valence-electron chi connectivity index (χ4n) is 1.66. The van der Waals surface area contributed by atoms with Crippen LogP contribution < -0.4 is 0 Å². The number of alkyl halides is 3. The first-order valence-electron chi connectivity index (χ1n) is 5.48. The summed E-state index contributed by atoms with van der Waals surface area (Å²) in [6.45, 7) is -2.13. The maximum absolute atomic E-state index is 11.9. The van der Waals surface area contributed by atoms with Crippen molar-refractivity contribution < 1.29 is 57.2 Å². The summed E-state index contributed by atoms with van der Waals surface area (Å²) < 4.78 is 54.6. The number of rotatable bonds is 4. The Labute approximate surface area is 115 Å². The molecule has 0 aliphatic heterocycles. The van der Waals surface area contributed by atoms with Gasteiger partial charge in [0.05, 0.1) is 0 Å². The fourth-order valence-corrected chi connectivity index (χ4v) is 2.59. The second-order valence-corrected chi connectivity index (χ2v) is 5.79. The monoisotopic (exact) mass is 342 g/mol. The molecule has 1 saturated carbocycles. The van der Waals surface area contributed by atoms with Crippen molar-refractivity contribution in [3.63, 3.8) is 0 Å². The summed E-state index contributed by atoms with van der Waals surface area (Å²) in [6.07, 6.45) is -17.5. The van der Waals surface area contributed by atoms with E-state index in [4.69, 9.17) is 4.89 Å². The van der Waals surface area contributed by atoms with E-state index in [0.29, 0.717) is 0 Å². The molecule has 9 nitrogen and oxygen atoms in total. The highest BCUT2D eigenvalue weighted by molar-refractivity contribution is 7.47. The van der Waals surface area contributed by atoms with Crippen LogP contribution in [0.3, 0.4) is 0 Å². The SMILES string of the molecule is O=P(O)(OCC(F)(F)F)OC1[C@H](O)[C@H](O)C(O)[C@H](O)[C@H]1O. The maximum atomic E-state index is 11.9. The number of aliphatic hydroxyl groups is 5. The highest BCUT2D eigenvalue weighted by Crippen LogP contribution is 2.47. The lowest BCUT2D eigenvalue weighted by molar-refractivity contribution is -0.221. The highest BCUT2D eigenvalue weighted by Gasteiger charge is 2.51. The number of aliphatic hydroxyl groups excluding tert-OH is 5. The lowest BCUT2D eigenvalue weighted by atomic mass is 9.85. The minimum absolute atomic E-state index is 1.98. The molecular formula is C8H14F3O9P. The topological polar surface area (TPSA) is 157 Å². The molecule has 0 bridgehead atoms. The molecule has 1 rings (SSSR count). The van der Waals surface area contributed by atoms with Gasteiger partial charge in [-0.25, -0.2) is 4.57 Å². The largest absolute Gasteiger partial charge is 0.472 e. The van der Waals surface area contributed by atoms with Crippen molar-refractivity contribution in [3.05, 3.63) is 0 Å². The molecule has 1 aliphatic rings. The molecule has 0 radical (unpaired) electrons. The van der Waals surface area contributed by atoms with Crippen LogP contribution in [-0.4, -0.2) is 79.8 Å². The van der Waals surface area contributed by atoms with Gasteiger partial charge in [-0.1, -0.05) is 0 Å². The van der Waals surface area contributed by atoms with E-state index in [1.165, 1.54) is 0 Å². The summed E-state index contributed by atoms with van der Waals surface area (Å²) in [5.41, 5.74) is 0. The molecule has 1 aliphatic carbocycles. The predicted molar refractivity (Wildman–Crippen MR) is 56.7 cm³/mol. The lowest BCUT2D eigenvalue weighted by Gasteiger charge is -2.41. The molecular weight excluding hydrogens is 328 g/mol. The molecule has 1 fully saturated rings. The Balaban J connectivity index is 2.77. The minimum atomic E-state index is -5.35. The van der Waals surface area contributed by atoms with Crippen LogP contribution >= 0.6 is 7.82 Å². The van der Waals surface area contributed by atoms with Crippen LogP contribution in [0.25, 0.3) is 0 Å². The maximum Gasteiger partial charge on any atom is 0.472 e. The second kappa shape index (κ2) is 6.44. The summed E-state index contributed by atoms with van der Waals surface area (Å²) in [4.78, 5) is 9.07. The Morgan fingerprint density at radius 2 is 1.29 bits per heavy atom. The van der Waals surface area contributed by atoms with Gasteiger partial charge in [0.25, 0.3) is 0 Å². The van der Waals surface area contributed by atoms with Crippen LogP contribution in [0.1, 0.15) is 0 Å². The van der Waals surface area contributed by atoms with Gasteiger partial charge in [-0.3, -0.25) is 9.05 Å². The third kappa shape index (κ3) is 4.84. The molecule has 0 saturated heterocycles. The Kier molecular flexibility index (Phi) is 5.75. The Morgan fingerprint density at radius 3 is 1.67 bits per heavy atom. The molecule has 0 aromatic heterocycles. The highest BCUT2D eigenvalue weighted by atomic mass is 31.2. The van der Waals surface area contributed by atoms with Crippen molar-refractivity contribution in [2.75, 3.05) is 6.61 Å². The van der Waals surface area contributed by atoms with Crippen LogP contribution in [-0.2, 0) is 13.6 Å². The molecule has 0 spiro atoms. The predicted octanol–water partition coefficient (Wildman–Crippen LogP) is -2.13. The number of phosphoric acid groups is 1. The zero-order chi connectivity index (χ0) is 16.6. The van der Waals surface area contributed by atoms with Crippen molar-refractivity contribution >= 4 is 7.82 Å². The number of hydrogen-bond acceptors (Lipinski definition) is 8. The molecule has 0 aromatic carbocycles. The van der Waals surface area contributed by atoms with Gasteiger partial charge < -0.3 is 30.4 Å². The minimum Gasteiger partial charge on any atom is -0.387 e.